The topological polar surface area (TPSA) is 17.8 Å². The molecule has 0 unspecified atom stereocenters. The van der Waals surface area contributed by atoms with Crippen LogP contribution in [0.2, 0.25) is 0 Å². The third-order valence-electron chi connectivity index (χ3n) is 2.47. The maximum atomic E-state index is 13.6. The molecule has 0 fully saturated rings. The Morgan fingerprint density at radius 1 is 1.53 bits per heavy atom. The first kappa shape index (κ1) is 10.6. The lowest BCUT2D eigenvalue weighted by Crippen LogP contribution is -2.00. The number of rotatable bonds is 3. The second-order valence-electron chi connectivity index (χ2n) is 3.51. The second-order valence-corrected chi connectivity index (χ2v) is 4.26. The minimum Gasteiger partial charge on any atom is -0.318 e. The van der Waals surface area contributed by atoms with Gasteiger partial charge in [-0.2, -0.15) is 4.39 Å². The summed E-state index contributed by atoms with van der Waals surface area (Å²) in [6.45, 7) is 2.82. The van der Waals surface area contributed by atoms with Crippen LogP contribution in [-0.4, -0.2) is 9.55 Å². The fourth-order valence-electron chi connectivity index (χ4n) is 1.66. The van der Waals surface area contributed by atoms with Gasteiger partial charge in [0.15, 0.2) is 5.95 Å². The van der Waals surface area contributed by atoms with Gasteiger partial charge in [0.2, 0.25) is 0 Å². The molecule has 0 aliphatic carbocycles. The summed E-state index contributed by atoms with van der Waals surface area (Å²) in [7, 11) is 0. The van der Waals surface area contributed by atoms with Crippen molar-refractivity contribution < 1.29 is 4.39 Å². The molecule has 0 radical (unpaired) electrons. The van der Waals surface area contributed by atoms with E-state index in [9.17, 15) is 4.39 Å². The number of pyridine rings is 1. The molecule has 2 nitrogen and oxygen atoms in total. The van der Waals surface area contributed by atoms with Gasteiger partial charge in [-0.15, -0.1) is 0 Å². The second kappa shape index (κ2) is 4.31. The van der Waals surface area contributed by atoms with Gasteiger partial charge in [0.05, 0.1) is 5.52 Å². The molecule has 0 saturated carbocycles. The molecule has 2 aromatic heterocycles. The van der Waals surface area contributed by atoms with Gasteiger partial charge in [-0.25, -0.2) is 4.98 Å². The molecule has 0 aliphatic rings. The Morgan fingerprint density at radius 3 is 3.07 bits per heavy atom. The third-order valence-corrected chi connectivity index (χ3v) is 3.10. The van der Waals surface area contributed by atoms with E-state index in [2.05, 4.69) is 27.8 Å². The normalized spacial score (nSPS) is 11.1. The maximum absolute atomic E-state index is 13.6. The van der Waals surface area contributed by atoms with Crippen molar-refractivity contribution in [3.05, 3.63) is 28.9 Å². The van der Waals surface area contributed by atoms with Gasteiger partial charge >= 0.3 is 0 Å². The van der Waals surface area contributed by atoms with Gasteiger partial charge in [-0.1, -0.05) is 13.3 Å². The fourth-order valence-corrected chi connectivity index (χ4v) is 2.10. The largest absolute Gasteiger partial charge is 0.318 e. The fraction of sp³-hybridized carbons (Fsp3) is 0.364. The van der Waals surface area contributed by atoms with E-state index in [1.807, 2.05) is 6.07 Å². The summed E-state index contributed by atoms with van der Waals surface area (Å²) in [5.74, 6) is -0.188. The Balaban J connectivity index is 2.53. The highest BCUT2D eigenvalue weighted by molar-refractivity contribution is 9.10. The maximum Gasteiger partial charge on any atom is 0.194 e. The van der Waals surface area contributed by atoms with Crippen molar-refractivity contribution in [2.45, 2.75) is 26.3 Å². The first-order valence-electron chi connectivity index (χ1n) is 5.03. The van der Waals surface area contributed by atoms with Gasteiger partial charge in [-0.05, 0) is 28.4 Å². The Labute approximate surface area is 96.2 Å². The first-order valence-corrected chi connectivity index (χ1v) is 5.82. The van der Waals surface area contributed by atoms with Crippen LogP contribution in [0.5, 0.6) is 0 Å². The highest BCUT2D eigenvalue weighted by Crippen LogP contribution is 2.25. The molecule has 0 bridgehead atoms. The van der Waals surface area contributed by atoms with E-state index >= 15 is 0 Å². The molecule has 0 N–H and O–H groups in total. The monoisotopic (exact) mass is 270 g/mol. The van der Waals surface area contributed by atoms with Crippen LogP contribution in [0.4, 0.5) is 4.39 Å². The van der Waals surface area contributed by atoms with E-state index < -0.39 is 0 Å². The van der Waals surface area contributed by atoms with Gasteiger partial charge in [-0.3, -0.25) is 0 Å². The van der Waals surface area contributed by atoms with Crippen LogP contribution >= 0.6 is 15.9 Å². The van der Waals surface area contributed by atoms with Gasteiger partial charge in [0, 0.05) is 24.2 Å². The quantitative estimate of drug-likeness (QED) is 0.777. The molecule has 0 saturated heterocycles. The zero-order valence-corrected chi connectivity index (χ0v) is 10.1. The van der Waals surface area contributed by atoms with E-state index in [1.165, 1.54) is 6.07 Å². The third kappa shape index (κ3) is 1.91. The average Bonchev–Trinajstić information content (AvgIpc) is 2.54. The van der Waals surface area contributed by atoms with E-state index in [0.717, 1.165) is 30.3 Å². The van der Waals surface area contributed by atoms with Crippen LogP contribution in [0.3, 0.4) is 0 Å². The van der Waals surface area contributed by atoms with Gasteiger partial charge in [0.25, 0.3) is 0 Å². The van der Waals surface area contributed by atoms with Crippen LogP contribution in [0.1, 0.15) is 19.8 Å². The standard InChI is InChI=1S/C11H12BrFN2/c1-2-3-6-15-9-4-5-14-11(12)8(9)7-10(15)13/h4-5,7H,2-3,6H2,1H3. The minimum atomic E-state index is -0.188. The van der Waals surface area contributed by atoms with E-state index in [0.29, 0.717) is 4.60 Å². The average molecular weight is 271 g/mol. The predicted octanol–water partition coefficient (Wildman–Crippen LogP) is 3.74. The lowest BCUT2D eigenvalue weighted by Gasteiger charge is -2.04. The molecule has 15 heavy (non-hydrogen) atoms. The number of aromatic nitrogens is 2. The molecule has 0 atom stereocenters. The van der Waals surface area contributed by atoms with E-state index in [-0.39, 0.29) is 5.95 Å². The smallest absolute Gasteiger partial charge is 0.194 e. The van der Waals surface area contributed by atoms with Crippen LogP contribution < -0.4 is 0 Å². The van der Waals surface area contributed by atoms with Crippen LogP contribution in [-0.2, 0) is 6.54 Å². The zero-order chi connectivity index (χ0) is 10.8. The Hall–Kier alpha value is -0.900. The molecule has 2 heterocycles. The van der Waals surface area contributed by atoms with Crippen molar-refractivity contribution in [2.75, 3.05) is 0 Å². The number of nitrogens with zero attached hydrogens (tertiary/aromatic N) is 2. The van der Waals surface area contributed by atoms with Gasteiger partial charge in [0.1, 0.15) is 4.60 Å². The lowest BCUT2D eigenvalue weighted by atomic mass is 10.3. The molecule has 0 aromatic carbocycles. The molecule has 2 rings (SSSR count). The van der Waals surface area contributed by atoms with Crippen molar-refractivity contribution >= 4 is 26.8 Å². The number of hydrogen-bond acceptors (Lipinski definition) is 1. The SMILES string of the molecule is CCCCn1c(F)cc2c(Br)nccc21. The number of halogens is 2. The van der Waals surface area contributed by atoms with Crippen LogP contribution in [0.15, 0.2) is 22.9 Å². The Morgan fingerprint density at radius 2 is 2.33 bits per heavy atom. The van der Waals surface area contributed by atoms with Crippen molar-refractivity contribution in [3.63, 3.8) is 0 Å². The summed E-state index contributed by atoms with van der Waals surface area (Å²) in [5.41, 5.74) is 0.905. The molecule has 80 valence electrons. The molecule has 0 spiro atoms. The molecular formula is C11H12BrFN2. The number of hydrogen-bond donors (Lipinski definition) is 0. The predicted molar refractivity (Wildman–Crippen MR) is 62.3 cm³/mol. The highest BCUT2D eigenvalue weighted by atomic mass is 79.9. The molecule has 0 amide bonds. The summed E-state index contributed by atoms with van der Waals surface area (Å²) in [6, 6.07) is 3.38. The molecule has 4 heteroatoms. The van der Waals surface area contributed by atoms with Crippen molar-refractivity contribution in [1.82, 2.24) is 9.55 Å². The van der Waals surface area contributed by atoms with Crippen molar-refractivity contribution in [1.29, 1.82) is 0 Å². The first-order chi connectivity index (χ1) is 7.24. The van der Waals surface area contributed by atoms with Crippen molar-refractivity contribution in [2.24, 2.45) is 0 Å². The van der Waals surface area contributed by atoms with Crippen LogP contribution in [0, 0.1) is 5.95 Å². The lowest BCUT2D eigenvalue weighted by molar-refractivity contribution is 0.492. The highest BCUT2D eigenvalue weighted by Gasteiger charge is 2.10. The Bertz CT molecular complexity index is 479. The summed E-state index contributed by atoms with van der Waals surface area (Å²) < 4.78 is 16.0. The number of fused-ring (bicyclic) bond motifs is 1. The molecule has 0 aliphatic heterocycles. The van der Waals surface area contributed by atoms with Crippen molar-refractivity contribution in [3.8, 4) is 0 Å². The summed E-state index contributed by atoms with van der Waals surface area (Å²) in [4.78, 5) is 4.08. The van der Waals surface area contributed by atoms with E-state index in [1.54, 1.807) is 10.8 Å². The van der Waals surface area contributed by atoms with Crippen LogP contribution in [0.25, 0.3) is 10.9 Å². The molecular weight excluding hydrogens is 259 g/mol. The molecule has 2 aromatic rings. The minimum absolute atomic E-state index is 0.188. The summed E-state index contributed by atoms with van der Waals surface area (Å²) in [6.07, 6.45) is 3.74. The van der Waals surface area contributed by atoms with Gasteiger partial charge < -0.3 is 4.57 Å². The number of unbranched alkanes of at least 4 members (excludes halogenated alkanes) is 1. The Kier molecular flexibility index (Phi) is 3.05. The zero-order valence-electron chi connectivity index (χ0n) is 8.50. The summed E-state index contributed by atoms with van der Waals surface area (Å²) >= 11 is 3.32. The number of aryl methyl sites for hydroxylation is 1. The summed E-state index contributed by atoms with van der Waals surface area (Å²) in [5, 5.41) is 0.839. The van der Waals surface area contributed by atoms with E-state index in [4.69, 9.17) is 0 Å².